The van der Waals surface area contributed by atoms with Gasteiger partial charge in [-0.15, -0.1) is 0 Å². The summed E-state index contributed by atoms with van der Waals surface area (Å²) in [6.45, 7) is -0.781. The summed E-state index contributed by atoms with van der Waals surface area (Å²) >= 11 is 0. The molecule has 0 spiro atoms. The number of phenols is 1. The van der Waals surface area contributed by atoms with Gasteiger partial charge in [-0.2, -0.15) is 8.42 Å². The van der Waals surface area contributed by atoms with Crippen molar-refractivity contribution in [2.75, 3.05) is 12.3 Å². The highest BCUT2D eigenvalue weighted by atomic mass is 32.2. The summed E-state index contributed by atoms with van der Waals surface area (Å²) in [5, 5.41) is 30.2. The number of nitrogen functional groups attached to an aromatic ring is 1. The molecule has 2 aromatic heterocycles. The number of aromatic hydroxyl groups is 1. The molecule has 3 aromatic rings. The smallest absolute Gasteiger partial charge is 0.362 e. The Balaban J connectivity index is 1.43. The minimum atomic E-state index is -4.73. The monoisotopic (exact) mass is 484 g/mol. The number of aliphatic hydroxyl groups is 2. The standard InChI is InChI=1S/C17H17FN6O8S/c18-7-1-2-8(9(25)3-7)16(28)23-33(29,30)31-4-10-12(26)13(27)17(32-10)24-6-22-11-14(19)20-5-21-15(11)24/h1-3,5-6,10,12-13,17,25-27H,4H2,(H,23,28)(H2,19,20,21)/t10-,12-,13-,17-/m0/s1. The maximum atomic E-state index is 13.0. The molecule has 0 saturated carbocycles. The second kappa shape index (κ2) is 8.49. The van der Waals surface area contributed by atoms with Crippen LogP contribution < -0.4 is 10.5 Å². The van der Waals surface area contributed by atoms with Gasteiger partial charge in [0.15, 0.2) is 17.7 Å². The number of aliphatic hydroxyl groups excluding tert-OH is 2. The molecule has 1 saturated heterocycles. The number of carbonyl (C=O) groups is 1. The fourth-order valence-corrected chi connectivity index (χ4v) is 3.91. The van der Waals surface area contributed by atoms with Crippen molar-refractivity contribution >= 4 is 33.2 Å². The van der Waals surface area contributed by atoms with Gasteiger partial charge in [0.25, 0.3) is 5.91 Å². The number of anilines is 1. The number of aromatic nitrogens is 4. The Morgan fingerprint density at radius 2 is 2.03 bits per heavy atom. The van der Waals surface area contributed by atoms with Crippen LogP contribution in [0.15, 0.2) is 30.9 Å². The fourth-order valence-electron chi connectivity index (χ4n) is 3.20. The number of carbonyl (C=O) groups excluding carboxylic acids is 1. The van der Waals surface area contributed by atoms with Gasteiger partial charge in [0.05, 0.1) is 18.5 Å². The molecule has 176 valence electrons. The van der Waals surface area contributed by atoms with Crippen LogP contribution in [0, 0.1) is 5.82 Å². The molecule has 4 atom stereocenters. The van der Waals surface area contributed by atoms with Crippen LogP contribution in [0.5, 0.6) is 5.75 Å². The number of halogens is 1. The van der Waals surface area contributed by atoms with Gasteiger partial charge in [0, 0.05) is 6.07 Å². The van der Waals surface area contributed by atoms with E-state index in [0.717, 1.165) is 12.1 Å². The summed E-state index contributed by atoms with van der Waals surface area (Å²) in [7, 11) is -4.73. The minimum Gasteiger partial charge on any atom is -0.507 e. The molecule has 0 aliphatic carbocycles. The zero-order valence-corrected chi connectivity index (χ0v) is 17.3. The van der Waals surface area contributed by atoms with Gasteiger partial charge in [0.2, 0.25) is 0 Å². The summed E-state index contributed by atoms with van der Waals surface area (Å²) in [6, 6.07) is 2.36. The van der Waals surface area contributed by atoms with Crippen LogP contribution in [-0.2, 0) is 19.2 Å². The van der Waals surface area contributed by atoms with E-state index in [2.05, 4.69) is 19.1 Å². The number of hydrogen-bond donors (Lipinski definition) is 5. The number of hydrogen-bond acceptors (Lipinski definition) is 12. The highest BCUT2D eigenvalue weighted by Gasteiger charge is 2.45. The quantitative estimate of drug-likeness (QED) is 0.272. The molecule has 1 fully saturated rings. The van der Waals surface area contributed by atoms with Crippen molar-refractivity contribution < 1.29 is 41.8 Å². The zero-order valence-electron chi connectivity index (χ0n) is 16.4. The normalized spacial score (nSPS) is 23.1. The molecule has 0 radical (unpaired) electrons. The van der Waals surface area contributed by atoms with E-state index in [4.69, 9.17) is 10.5 Å². The molecule has 1 aliphatic heterocycles. The average Bonchev–Trinajstić information content (AvgIpc) is 3.29. The van der Waals surface area contributed by atoms with E-state index >= 15 is 0 Å². The number of nitrogens with one attached hydrogen (secondary N) is 1. The van der Waals surface area contributed by atoms with Gasteiger partial charge in [-0.1, -0.05) is 0 Å². The number of fused-ring (bicyclic) bond motifs is 1. The van der Waals surface area contributed by atoms with Crippen molar-refractivity contribution in [3.8, 4) is 5.75 Å². The van der Waals surface area contributed by atoms with E-state index in [-0.39, 0.29) is 17.0 Å². The summed E-state index contributed by atoms with van der Waals surface area (Å²) in [5.74, 6) is -2.80. The first-order valence-electron chi connectivity index (χ1n) is 9.22. The second-order valence-corrected chi connectivity index (χ2v) is 8.31. The first-order chi connectivity index (χ1) is 15.6. The van der Waals surface area contributed by atoms with E-state index in [1.165, 1.54) is 21.9 Å². The predicted octanol–water partition coefficient (Wildman–Crippen LogP) is -1.44. The Labute approximate surface area is 184 Å². The number of benzene rings is 1. The molecule has 33 heavy (non-hydrogen) atoms. The van der Waals surface area contributed by atoms with E-state index in [9.17, 15) is 32.9 Å². The third-order valence-corrected chi connectivity index (χ3v) is 5.69. The molecular weight excluding hydrogens is 467 g/mol. The van der Waals surface area contributed by atoms with Gasteiger partial charge in [-0.05, 0) is 12.1 Å². The largest absolute Gasteiger partial charge is 0.507 e. The summed E-state index contributed by atoms with van der Waals surface area (Å²) in [5.41, 5.74) is 5.65. The topological polar surface area (TPSA) is 212 Å². The predicted molar refractivity (Wildman–Crippen MR) is 106 cm³/mol. The molecule has 1 aliphatic rings. The van der Waals surface area contributed by atoms with Crippen molar-refractivity contribution in [3.05, 3.63) is 42.2 Å². The molecular formula is C17H17FN6O8S. The Bertz CT molecular complexity index is 1320. The maximum Gasteiger partial charge on any atom is 0.362 e. The fraction of sp³-hybridized carbons (Fsp3) is 0.294. The van der Waals surface area contributed by atoms with Crippen molar-refractivity contribution in [2.24, 2.45) is 0 Å². The number of imidazole rings is 1. The Morgan fingerprint density at radius 3 is 2.76 bits per heavy atom. The van der Waals surface area contributed by atoms with Gasteiger partial charge in [0.1, 0.15) is 41.7 Å². The molecule has 6 N–H and O–H groups in total. The van der Waals surface area contributed by atoms with Crippen LogP contribution in [-0.4, -0.2) is 74.1 Å². The lowest BCUT2D eigenvalue weighted by molar-refractivity contribution is -0.0468. The molecule has 1 aromatic carbocycles. The molecule has 3 heterocycles. The van der Waals surface area contributed by atoms with Crippen molar-refractivity contribution in [1.29, 1.82) is 0 Å². The molecule has 0 unspecified atom stereocenters. The lowest BCUT2D eigenvalue weighted by atomic mass is 10.1. The molecule has 16 heteroatoms. The van der Waals surface area contributed by atoms with Crippen molar-refractivity contribution in [2.45, 2.75) is 24.5 Å². The van der Waals surface area contributed by atoms with E-state index in [0.29, 0.717) is 6.07 Å². The van der Waals surface area contributed by atoms with Crippen LogP contribution in [0.1, 0.15) is 16.6 Å². The first-order valence-corrected chi connectivity index (χ1v) is 10.6. The second-order valence-electron chi connectivity index (χ2n) is 6.96. The van der Waals surface area contributed by atoms with Gasteiger partial charge < -0.3 is 25.8 Å². The zero-order chi connectivity index (χ0) is 23.9. The summed E-state index contributed by atoms with van der Waals surface area (Å²) in [4.78, 5) is 23.9. The van der Waals surface area contributed by atoms with Crippen molar-refractivity contribution in [3.63, 3.8) is 0 Å². The number of phenolic OH excluding ortho intramolecular Hbond substituents is 1. The van der Waals surface area contributed by atoms with E-state index in [1.807, 2.05) is 0 Å². The van der Waals surface area contributed by atoms with E-state index < -0.39 is 64.5 Å². The van der Waals surface area contributed by atoms with Gasteiger partial charge >= 0.3 is 10.3 Å². The molecule has 14 nitrogen and oxygen atoms in total. The first kappa shape index (κ1) is 22.7. The van der Waals surface area contributed by atoms with Crippen LogP contribution in [0.3, 0.4) is 0 Å². The summed E-state index contributed by atoms with van der Waals surface area (Å²) < 4.78 is 50.3. The van der Waals surface area contributed by atoms with Crippen molar-refractivity contribution in [1.82, 2.24) is 24.2 Å². The molecule has 0 bridgehead atoms. The van der Waals surface area contributed by atoms with Crippen LogP contribution in [0.4, 0.5) is 10.2 Å². The number of rotatable bonds is 6. The highest BCUT2D eigenvalue weighted by Crippen LogP contribution is 2.32. The number of nitrogens with two attached hydrogens (primary N) is 1. The molecule has 1 amide bonds. The highest BCUT2D eigenvalue weighted by molar-refractivity contribution is 7.85. The SMILES string of the molecule is Nc1ncnc2c1ncn2[C@H]1O[C@@H](COS(=O)(=O)NC(=O)c2ccc(F)cc2O)[C@H](O)[C@@H]1O. The minimum absolute atomic E-state index is 0.0840. The molecule has 4 rings (SSSR count). The maximum absolute atomic E-state index is 13.0. The Hall–Kier alpha value is -3.44. The van der Waals surface area contributed by atoms with Crippen LogP contribution in [0.25, 0.3) is 11.2 Å². The Kier molecular flexibility index (Phi) is 5.85. The lowest BCUT2D eigenvalue weighted by Crippen LogP contribution is -2.37. The van der Waals surface area contributed by atoms with Gasteiger partial charge in [-0.25, -0.2) is 24.1 Å². The average molecular weight is 484 g/mol. The lowest BCUT2D eigenvalue weighted by Gasteiger charge is -2.16. The number of ether oxygens (including phenoxy) is 1. The Morgan fingerprint density at radius 1 is 1.27 bits per heavy atom. The van der Waals surface area contributed by atoms with Crippen LogP contribution >= 0.6 is 0 Å². The third kappa shape index (κ3) is 4.41. The third-order valence-electron chi connectivity index (χ3n) is 4.81. The van der Waals surface area contributed by atoms with Gasteiger partial charge in [-0.3, -0.25) is 13.5 Å². The summed E-state index contributed by atoms with van der Waals surface area (Å²) in [6.07, 6.45) is -3.19. The number of nitrogens with zero attached hydrogens (tertiary/aromatic N) is 4. The van der Waals surface area contributed by atoms with Crippen LogP contribution in [0.2, 0.25) is 0 Å². The van der Waals surface area contributed by atoms with E-state index in [1.54, 1.807) is 0 Å². The number of amides is 1.